The Morgan fingerprint density at radius 2 is 1.81 bits per heavy atom. The summed E-state index contributed by atoms with van der Waals surface area (Å²) in [4.78, 5) is 11.9. The summed E-state index contributed by atoms with van der Waals surface area (Å²) >= 11 is 0. The number of nitrogens with one attached hydrogen (secondary N) is 2. The lowest BCUT2D eigenvalue weighted by Crippen LogP contribution is -2.29. The van der Waals surface area contributed by atoms with Crippen LogP contribution in [0.15, 0.2) is 40.8 Å². The van der Waals surface area contributed by atoms with Crippen LogP contribution in [0.3, 0.4) is 0 Å². The van der Waals surface area contributed by atoms with Gasteiger partial charge in [-0.15, -0.1) is 0 Å². The number of sulfonamides is 1. The lowest BCUT2D eigenvalue weighted by Gasteiger charge is -2.12. The number of carbonyl (C=O) groups excluding carboxylic acids is 1. The maximum Gasteiger partial charge on any atom is 0.238 e. The highest BCUT2D eigenvalue weighted by molar-refractivity contribution is 7.89. The molecule has 0 unspecified atom stereocenters. The Hall–Kier alpha value is -1.70. The predicted molar refractivity (Wildman–Crippen MR) is 103 cm³/mol. The summed E-state index contributed by atoms with van der Waals surface area (Å²) in [6.45, 7) is 2.14. The van der Waals surface area contributed by atoms with Crippen molar-refractivity contribution in [2.45, 2.75) is 49.8 Å². The van der Waals surface area contributed by atoms with Crippen LogP contribution in [0.25, 0.3) is 0 Å². The third kappa shape index (κ3) is 7.68. The summed E-state index contributed by atoms with van der Waals surface area (Å²) in [7, 11) is -3.66. The van der Waals surface area contributed by atoms with E-state index < -0.39 is 10.0 Å². The van der Waals surface area contributed by atoms with E-state index in [0.717, 1.165) is 18.5 Å². The normalized spacial score (nSPS) is 14.7. The SMILES string of the molecule is NS(=O)(=O)c1ccc(CCNC(=O)CCNCCC2=CCCCC2)cc1. The van der Waals surface area contributed by atoms with Crippen LogP contribution in [-0.4, -0.2) is 34.0 Å². The van der Waals surface area contributed by atoms with Gasteiger partial charge < -0.3 is 10.6 Å². The number of nitrogens with two attached hydrogens (primary N) is 1. The van der Waals surface area contributed by atoms with E-state index >= 15 is 0 Å². The fourth-order valence-corrected chi connectivity index (χ4v) is 3.50. The molecule has 0 saturated heterocycles. The molecular weight excluding hydrogens is 350 g/mol. The second-order valence-corrected chi connectivity index (χ2v) is 8.21. The predicted octanol–water partition coefficient (Wildman–Crippen LogP) is 1.86. The van der Waals surface area contributed by atoms with Gasteiger partial charge in [-0.3, -0.25) is 4.79 Å². The zero-order chi connectivity index (χ0) is 18.8. The van der Waals surface area contributed by atoms with Crippen LogP contribution in [0.4, 0.5) is 0 Å². The van der Waals surface area contributed by atoms with Crippen molar-refractivity contribution in [1.29, 1.82) is 0 Å². The lowest BCUT2D eigenvalue weighted by atomic mass is 9.97. The van der Waals surface area contributed by atoms with Gasteiger partial charge in [-0.2, -0.15) is 0 Å². The van der Waals surface area contributed by atoms with Gasteiger partial charge in [0.1, 0.15) is 0 Å². The molecule has 0 fully saturated rings. The molecule has 4 N–H and O–H groups in total. The minimum atomic E-state index is -3.66. The van der Waals surface area contributed by atoms with E-state index in [0.29, 0.717) is 25.9 Å². The molecule has 7 heteroatoms. The van der Waals surface area contributed by atoms with Crippen LogP contribution < -0.4 is 15.8 Å². The molecule has 1 aliphatic rings. The average molecular weight is 380 g/mol. The number of carbonyl (C=O) groups is 1. The van der Waals surface area contributed by atoms with E-state index in [1.807, 2.05) is 0 Å². The highest BCUT2D eigenvalue weighted by Gasteiger charge is 2.07. The summed E-state index contributed by atoms with van der Waals surface area (Å²) < 4.78 is 22.4. The highest BCUT2D eigenvalue weighted by Crippen LogP contribution is 2.19. The zero-order valence-corrected chi connectivity index (χ0v) is 16.0. The van der Waals surface area contributed by atoms with Gasteiger partial charge in [0.05, 0.1) is 4.90 Å². The van der Waals surface area contributed by atoms with Crippen LogP contribution in [0.5, 0.6) is 0 Å². The number of allylic oxidation sites excluding steroid dienone is 1. The van der Waals surface area contributed by atoms with E-state index in [-0.39, 0.29) is 10.8 Å². The number of hydrogen-bond donors (Lipinski definition) is 3. The molecule has 0 aromatic heterocycles. The topological polar surface area (TPSA) is 101 Å². The van der Waals surface area contributed by atoms with E-state index in [9.17, 15) is 13.2 Å². The number of hydrogen-bond acceptors (Lipinski definition) is 4. The molecule has 0 bridgehead atoms. The largest absolute Gasteiger partial charge is 0.356 e. The zero-order valence-electron chi connectivity index (χ0n) is 15.2. The molecule has 144 valence electrons. The van der Waals surface area contributed by atoms with Crippen molar-refractivity contribution in [3.8, 4) is 0 Å². The third-order valence-electron chi connectivity index (χ3n) is 4.52. The van der Waals surface area contributed by atoms with Gasteiger partial charge in [0.15, 0.2) is 0 Å². The van der Waals surface area contributed by atoms with Crippen molar-refractivity contribution < 1.29 is 13.2 Å². The molecule has 0 saturated carbocycles. The van der Waals surface area contributed by atoms with Crippen LogP contribution in [0, 0.1) is 0 Å². The van der Waals surface area contributed by atoms with Gasteiger partial charge in [0.25, 0.3) is 0 Å². The van der Waals surface area contributed by atoms with E-state index in [1.54, 1.807) is 17.7 Å². The minimum absolute atomic E-state index is 0.0236. The van der Waals surface area contributed by atoms with Gasteiger partial charge >= 0.3 is 0 Å². The monoisotopic (exact) mass is 379 g/mol. The van der Waals surface area contributed by atoms with Crippen LogP contribution in [0.1, 0.15) is 44.1 Å². The van der Waals surface area contributed by atoms with E-state index in [2.05, 4.69) is 16.7 Å². The summed E-state index contributed by atoms with van der Waals surface area (Å²) in [6.07, 6.45) is 9.60. The molecule has 0 atom stereocenters. The molecule has 1 aromatic carbocycles. The molecular formula is C19H29N3O3S. The second kappa shape index (κ2) is 10.4. The van der Waals surface area contributed by atoms with Crippen molar-refractivity contribution in [2.24, 2.45) is 5.14 Å². The molecule has 26 heavy (non-hydrogen) atoms. The van der Waals surface area contributed by atoms with E-state index in [1.165, 1.54) is 37.8 Å². The van der Waals surface area contributed by atoms with Gasteiger partial charge in [0, 0.05) is 19.5 Å². The van der Waals surface area contributed by atoms with Crippen molar-refractivity contribution in [2.75, 3.05) is 19.6 Å². The van der Waals surface area contributed by atoms with Crippen molar-refractivity contribution in [3.05, 3.63) is 41.5 Å². The minimum Gasteiger partial charge on any atom is -0.356 e. The fraction of sp³-hybridized carbons (Fsp3) is 0.526. The number of rotatable bonds is 10. The molecule has 0 heterocycles. The Balaban J connectivity index is 1.55. The van der Waals surface area contributed by atoms with Crippen LogP contribution >= 0.6 is 0 Å². The van der Waals surface area contributed by atoms with Gasteiger partial charge in [-0.1, -0.05) is 23.8 Å². The molecule has 1 aromatic rings. The first-order valence-corrected chi connectivity index (χ1v) is 10.8. The van der Waals surface area contributed by atoms with Crippen molar-refractivity contribution in [1.82, 2.24) is 10.6 Å². The molecule has 1 aliphatic carbocycles. The molecule has 0 radical (unpaired) electrons. The first-order chi connectivity index (χ1) is 12.4. The van der Waals surface area contributed by atoms with Crippen LogP contribution in [0.2, 0.25) is 0 Å². The molecule has 0 aliphatic heterocycles. The fourth-order valence-electron chi connectivity index (χ4n) is 2.99. The second-order valence-electron chi connectivity index (χ2n) is 6.65. The van der Waals surface area contributed by atoms with Gasteiger partial charge in [0.2, 0.25) is 15.9 Å². The lowest BCUT2D eigenvalue weighted by molar-refractivity contribution is -0.120. The summed E-state index contributed by atoms with van der Waals surface area (Å²) in [6, 6.07) is 6.40. The number of benzene rings is 1. The smallest absolute Gasteiger partial charge is 0.238 e. The Labute approximate surface area is 156 Å². The maximum absolute atomic E-state index is 11.8. The quantitative estimate of drug-likeness (QED) is 0.427. The standard InChI is InChI=1S/C19H29N3O3S/c20-26(24,25)18-8-6-17(7-9-18)11-15-22-19(23)12-14-21-13-10-16-4-2-1-3-5-16/h4,6-9,21H,1-3,5,10-15H2,(H,22,23)(H2,20,24,25). The Morgan fingerprint density at radius 3 is 2.46 bits per heavy atom. The summed E-state index contributed by atoms with van der Waals surface area (Å²) in [5, 5.41) is 11.3. The molecule has 0 spiro atoms. The average Bonchev–Trinajstić information content (AvgIpc) is 2.62. The Kier molecular flexibility index (Phi) is 8.28. The van der Waals surface area contributed by atoms with Gasteiger partial charge in [-0.05, 0) is 62.8 Å². The molecule has 1 amide bonds. The molecule has 6 nitrogen and oxygen atoms in total. The molecule has 2 rings (SSSR count). The first-order valence-electron chi connectivity index (χ1n) is 9.22. The van der Waals surface area contributed by atoms with Crippen molar-refractivity contribution in [3.63, 3.8) is 0 Å². The number of amides is 1. The Morgan fingerprint density at radius 1 is 1.04 bits per heavy atom. The maximum atomic E-state index is 11.8. The van der Waals surface area contributed by atoms with Crippen LogP contribution in [-0.2, 0) is 21.2 Å². The summed E-state index contributed by atoms with van der Waals surface area (Å²) in [5.74, 6) is 0.0236. The number of primary sulfonamides is 1. The van der Waals surface area contributed by atoms with E-state index in [4.69, 9.17) is 5.14 Å². The Bertz CT molecular complexity index is 712. The summed E-state index contributed by atoms with van der Waals surface area (Å²) in [5.41, 5.74) is 2.50. The van der Waals surface area contributed by atoms with Crippen molar-refractivity contribution >= 4 is 15.9 Å². The van der Waals surface area contributed by atoms with Gasteiger partial charge in [-0.25, -0.2) is 13.6 Å². The first kappa shape index (κ1) is 20.6. The highest BCUT2D eigenvalue weighted by atomic mass is 32.2. The third-order valence-corrected chi connectivity index (χ3v) is 5.45.